The first kappa shape index (κ1) is 25.0. The van der Waals surface area contributed by atoms with E-state index in [1.54, 1.807) is 19.1 Å². The maximum Gasteiger partial charge on any atom is 0.350 e. The lowest BCUT2D eigenvalue weighted by Crippen LogP contribution is -2.29. The normalized spacial score (nSPS) is 14.6. The summed E-state index contributed by atoms with van der Waals surface area (Å²) in [5, 5.41) is 11.7. The first-order valence-corrected chi connectivity index (χ1v) is 12.3. The summed E-state index contributed by atoms with van der Waals surface area (Å²) in [7, 11) is 0. The predicted octanol–water partition coefficient (Wildman–Crippen LogP) is 5.18. The number of anilines is 1. The topological polar surface area (TPSA) is 133 Å². The Morgan fingerprint density at radius 1 is 1.21 bits per heavy atom. The van der Waals surface area contributed by atoms with Crippen molar-refractivity contribution in [2.75, 3.05) is 11.5 Å². The summed E-state index contributed by atoms with van der Waals surface area (Å²) in [6.45, 7) is 8.90. The highest BCUT2D eigenvalue weighted by atomic mass is 32.1. The summed E-state index contributed by atoms with van der Waals surface area (Å²) >= 11 is 0.944. The largest absolute Gasteiger partial charge is 0.457 e. The number of esters is 1. The summed E-state index contributed by atoms with van der Waals surface area (Å²) in [6.07, 6.45) is 1.44. The van der Waals surface area contributed by atoms with Crippen molar-refractivity contribution < 1.29 is 23.7 Å². The minimum atomic E-state index is -0.983. The maximum atomic E-state index is 13.8. The summed E-state index contributed by atoms with van der Waals surface area (Å²) < 4.78 is 11.2. The number of nitrogens with zero attached hydrogens (tertiary/aromatic N) is 3. The van der Waals surface area contributed by atoms with Gasteiger partial charge in [-0.05, 0) is 61.7 Å². The van der Waals surface area contributed by atoms with Crippen molar-refractivity contribution in [2.24, 2.45) is 0 Å². The number of carbonyl (C=O) groups is 2. The lowest BCUT2D eigenvalue weighted by atomic mass is 9.97. The smallest absolute Gasteiger partial charge is 0.350 e. The number of fused-ring (bicyclic) bond motifs is 2. The third kappa shape index (κ3) is 3.97. The van der Waals surface area contributed by atoms with Crippen LogP contribution in [0.3, 0.4) is 0 Å². The molecule has 4 aromatic rings. The summed E-state index contributed by atoms with van der Waals surface area (Å²) in [6, 6.07) is 8.03. The molecule has 10 nitrogen and oxygen atoms in total. The molecule has 1 amide bonds. The zero-order valence-corrected chi connectivity index (χ0v) is 21.5. The molecule has 5 rings (SSSR count). The zero-order valence-electron chi connectivity index (χ0n) is 20.6. The molecule has 192 valence electrons. The first-order valence-electron chi connectivity index (χ1n) is 11.5. The molecular weight excluding hydrogens is 510 g/mol. The van der Waals surface area contributed by atoms with Gasteiger partial charge < -0.3 is 9.15 Å². The van der Waals surface area contributed by atoms with Crippen LogP contribution in [0.2, 0.25) is 0 Å². The second-order valence-electron chi connectivity index (χ2n) is 8.83. The molecule has 2 aromatic carbocycles. The first-order chi connectivity index (χ1) is 18.1. The molecule has 0 aliphatic carbocycles. The number of rotatable bonds is 6. The molecule has 38 heavy (non-hydrogen) atoms. The lowest BCUT2D eigenvalue weighted by Gasteiger charge is -2.22. The SMILES string of the molecule is C=CCOC(=O)c1sc(N2C(=O)c3oc4cc(C)c(C)cc4c(=O)c3C2c2ccc([N+](=O)[O-])cc2)nc1C. The Morgan fingerprint density at radius 3 is 2.55 bits per heavy atom. The van der Waals surface area contributed by atoms with E-state index in [-0.39, 0.29) is 44.6 Å². The Hall–Kier alpha value is -4.64. The van der Waals surface area contributed by atoms with E-state index < -0.39 is 22.8 Å². The van der Waals surface area contributed by atoms with Gasteiger partial charge in [0.1, 0.15) is 17.1 Å². The highest BCUT2D eigenvalue weighted by molar-refractivity contribution is 7.17. The summed E-state index contributed by atoms with van der Waals surface area (Å²) in [5.74, 6) is -1.37. The van der Waals surface area contributed by atoms with E-state index in [9.17, 15) is 24.5 Å². The van der Waals surface area contributed by atoms with Gasteiger partial charge in [-0.1, -0.05) is 24.0 Å². The third-order valence-corrected chi connectivity index (χ3v) is 7.55. The number of thiazole rings is 1. The zero-order chi connectivity index (χ0) is 27.3. The van der Waals surface area contributed by atoms with Crippen molar-refractivity contribution >= 4 is 45.0 Å². The Balaban J connectivity index is 1.73. The Kier molecular flexibility index (Phi) is 6.15. The Bertz CT molecular complexity index is 1720. The second kappa shape index (κ2) is 9.34. The molecule has 0 radical (unpaired) electrons. The van der Waals surface area contributed by atoms with Gasteiger partial charge in [-0.3, -0.25) is 24.6 Å². The number of nitro groups is 1. The molecule has 0 fully saturated rings. The monoisotopic (exact) mass is 531 g/mol. The van der Waals surface area contributed by atoms with E-state index in [2.05, 4.69) is 11.6 Å². The average Bonchev–Trinajstić information content (AvgIpc) is 3.41. The minimum absolute atomic E-state index is 0.00879. The van der Waals surface area contributed by atoms with Gasteiger partial charge in [0.05, 0.1) is 27.6 Å². The maximum absolute atomic E-state index is 13.8. The van der Waals surface area contributed by atoms with Gasteiger partial charge in [0.2, 0.25) is 5.76 Å². The van der Waals surface area contributed by atoms with Crippen molar-refractivity contribution in [3.05, 3.63) is 108 Å². The standard InChI is InChI=1S/C27H21N3O7S/c1-5-10-36-26(33)24-15(4)28-27(38-24)29-21(16-6-8-17(9-7-16)30(34)35)20-22(31)18-11-13(2)14(3)12-19(18)37-23(20)25(29)32/h5-9,11-12,21H,1,10H2,2-4H3. The van der Waals surface area contributed by atoms with Gasteiger partial charge in [-0.15, -0.1) is 0 Å². The fraction of sp³-hybridized carbons (Fsp3) is 0.185. The van der Waals surface area contributed by atoms with Crippen LogP contribution in [-0.2, 0) is 4.74 Å². The number of aromatic nitrogens is 1. The van der Waals surface area contributed by atoms with Gasteiger partial charge in [0.15, 0.2) is 10.6 Å². The van der Waals surface area contributed by atoms with Crippen molar-refractivity contribution in [1.29, 1.82) is 0 Å². The van der Waals surface area contributed by atoms with Crippen LogP contribution in [-0.4, -0.2) is 28.4 Å². The molecule has 2 aromatic heterocycles. The number of benzene rings is 2. The summed E-state index contributed by atoms with van der Waals surface area (Å²) in [4.78, 5) is 56.8. The van der Waals surface area contributed by atoms with Crippen LogP contribution in [0.4, 0.5) is 10.8 Å². The number of carbonyl (C=O) groups excluding carboxylic acids is 2. The molecule has 0 spiro atoms. The molecular formula is C27H21N3O7S. The second-order valence-corrected chi connectivity index (χ2v) is 9.81. The third-order valence-electron chi connectivity index (χ3n) is 6.42. The molecule has 0 bridgehead atoms. The lowest BCUT2D eigenvalue weighted by molar-refractivity contribution is -0.384. The van der Waals surface area contributed by atoms with Crippen LogP contribution in [0.1, 0.15) is 54.2 Å². The molecule has 1 aliphatic rings. The molecule has 1 atom stereocenters. The van der Waals surface area contributed by atoms with E-state index in [0.717, 1.165) is 22.5 Å². The number of aryl methyl sites for hydroxylation is 3. The Morgan fingerprint density at radius 2 is 1.89 bits per heavy atom. The van der Waals surface area contributed by atoms with Crippen LogP contribution in [0.25, 0.3) is 11.0 Å². The number of non-ortho nitro benzene ring substituents is 1. The molecule has 0 N–H and O–H groups in total. The van der Waals surface area contributed by atoms with E-state index in [1.165, 1.54) is 35.2 Å². The van der Waals surface area contributed by atoms with Crippen molar-refractivity contribution in [1.82, 2.24) is 4.98 Å². The molecule has 11 heteroatoms. The fourth-order valence-corrected chi connectivity index (χ4v) is 5.38. The minimum Gasteiger partial charge on any atom is -0.457 e. The van der Waals surface area contributed by atoms with Gasteiger partial charge in [0, 0.05) is 12.1 Å². The molecule has 0 saturated carbocycles. The highest BCUT2D eigenvalue weighted by Crippen LogP contribution is 2.43. The van der Waals surface area contributed by atoms with E-state index >= 15 is 0 Å². The van der Waals surface area contributed by atoms with Crippen molar-refractivity contribution in [3.63, 3.8) is 0 Å². The van der Waals surface area contributed by atoms with Gasteiger partial charge in [-0.25, -0.2) is 9.78 Å². The fourth-order valence-electron chi connectivity index (χ4n) is 4.39. The number of ether oxygens (including phenoxy) is 1. The van der Waals surface area contributed by atoms with Crippen LogP contribution in [0, 0.1) is 30.9 Å². The predicted molar refractivity (Wildman–Crippen MR) is 141 cm³/mol. The van der Waals surface area contributed by atoms with Crippen LogP contribution >= 0.6 is 11.3 Å². The average molecular weight is 532 g/mol. The molecule has 1 unspecified atom stereocenters. The van der Waals surface area contributed by atoms with E-state index in [1.807, 2.05) is 13.8 Å². The van der Waals surface area contributed by atoms with Crippen molar-refractivity contribution in [3.8, 4) is 0 Å². The summed E-state index contributed by atoms with van der Waals surface area (Å²) in [5.41, 5.74) is 2.43. The molecule has 0 saturated heterocycles. The van der Waals surface area contributed by atoms with Gasteiger partial charge in [-0.2, -0.15) is 0 Å². The number of hydrogen-bond donors (Lipinski definition) is 0. The number of amides is 1. The van der Waals surface area contributed by atoms with E-state index in [4.69, 9.17) is 9.15 Å². The van der Waals surface area contributed by atoms with Crippen molar-refractivity contribution in [2.45, 2.75) is 26.8 Å². The number of nitro benzene ring substituents is 1. The van der Waals surface area contributed by atoms with Crippen LogP contribution in [0.15, 0.2) is 58.3 Å². The molecule has 3 heterocycles. The van der Waals surface area contributed by atoms with Crippen LogP contribution < -0.4 is 10.3 Å². The van der Waals surface area contributed by atoms with Gasteiger partial charge >= 0.3 is 5.97 Å². The highest BCUT2D eigenvalue weighted by Gasteiger charge is 2.45. The quantitative estimate of drug-likeness (QED) is 0.144. The Labute approximate surface area is 219 Å². The van der Waals surface area contributed by atoms with E-state index in [0.29, 0.717) is 16.6 Å². The van der Waals surface area contributed by atoms with Gasteiger partial charge in [0.25, 0.3) is 11.6 Å². The van der Waals surface area contributed by atoms with Crippen LogP contribution in [0.5, 0.6) is 0 Å². The molecule has 1 aliphatic heterocycles. The number of hydrogen-bond acceptors (Lipinski definition) is 9.